The summed E-state index contributed by atoms with van der Waals surface area (Å²) in [6.45, 7) is 9.67. The smallest absolute Gasteiger partial charge is 0.191 e. The maximum Gasteiger partial charge on any atom is 0.191 e. The van der Waals surface area contributed by atoms with Gasteiger partial charge in [0.15, 0.2) is 5.96 Å². The van der Waals surface area contributed by atoms with Gasteiger partial charge in [-0.05, 0) is 42.3 Å². The van der Waals surface area contributed by atoms with Gasteiger partial charge in [-0.15, -0.1) is 24.0 Å². The van der Waals surface area contributed by atoms with Crippen molar-refractivity contribution in [2.24, 2.45) is 4.99 Å². The first-order valence-corrected chi connectivity index (χ1v) is 8.66. The summed E-state index contributed by atoms with van der Waals surface area (Å²) in [5.41, 5.74) is 1.27. The Bertz CT molecular complexity index is 408. The number of hydrogen-bond acceptors (Lipinski definition) is 4. The van der Waals surface area contributed by atoms with Gasteiger partial charge in [-0.3, -0.25) is 4.90 Å². The van der Waals surface area contributed by atoms with Crippen molar-refractivity contribution in [1.82, 2.24) is 15.5 Å². The highest BCUT2D eigenvalue weighted by atomic mass is 127. The van der Waals surface area contributed by atoms with Crippen LogP contribution in [0.2, 0.25) is 0 Å². The van der Waals surface area contributed by atoms with Crippen LogP contribution in [0.1, 0.15) is 18.9 Å². The molecule has 0 bridgehead atoms. The highest BCUT2D eigenvalue weighted by Gasteiger charge is 2.09. The molecule has 22 heavy (non-hydrogen) atoms. The number of halogens is 1. The lowest BCUT2D eigenvalue weighted by Gasteiger charge is -2.26. The number of guanidine groups is 1. The van der Waals surface area contributed by atoms with Gasteiger partial charge in [0, 0.05) is 26.2 Å². The van der Waals surface area contributed by atoms with Crippen LogP contribution in [0.25, 0.3) is 0 Å². The third-order valence-corrected chi connectivity index (χ3v) is 4.12. The zero-order chi connectivity index (χ0) is 14.8. The molecule has 0 aromatic carbocycles. The van der Waals surface area contributed by atoms with E-state index in [1.165, 1.54) is 5.56 Å². The number of morpholine rings is 1. The van der Waals surface area contributed by atoms with E-state index in [4.69, 9.17) is 4.74 Å². The van der Waals surface area contributed by atoms with E-state index in [0.29, 0.717) is 0 Å². The Morgan fingerprint density at radius 1 is 1.36 bits per heavy atom. The van der Waals surface area contributed by atoms with Crippen LogP contribution in [0.15, 0.2) is 21.8 Å². The predicted molar refractivity (Wildman–Crippen MR) is 104 cm³/mol. The number of aliphatic imine (C=N–C) groups is 1. The molecule has 5 nitrogen and oxygen atoms in total. The van der Waals surface area contributed by atoms with Crippen LogP contribution in [-0.4, -0.2) is 56.8 Å². The molecule has 126 valence electrons. The fraction of sp³-hybridized carbons (Fsp3) is 0.667. The summed E-state index contributed by atoms with van der Waals surface area (Å²) in [5, 5.41) is 10.9. The molecule has 0 amide bonds. The van der Waals surface area contributed by atoms with E-state index < -0.39 is 0 Å². The SMILES string of the molecule is CCNC(=NCc1ccsc1)NCCCN1CCOCC1.I. The summed E-state index contributed by atoms with van der Waals surface area (Å²) in [4.78, 5) is 7.07. The minimum Gasteiger partial charge on any atom is -0.379 e. The molecule has 0 unspecified atom stereocenters. The average Bonchev–Trinajstić information content (AvgIpc) is 3.03. The summed E-state index contributed by atoms with van der Waals surface area (Å²) < 4.78 is 5.36. The molecule has 2 rings (SSSR count). The Kier molecular flexibility index (Phi) is 10.8. The van der Waals surface area contributed by atoms with Crippen molar-refractivity contribution in [2.75, 3.05) is 45.9 Å². The van der Waals surface area contributed by atoms with E-state index in [2.05, 4.69) is 44.3 Å². The van der Waals surface area contributed by atoms with Crippen molar-refractivity contribution in [3.8, 4) is 0 Å². The highest BCUT2D eigenvalue weighted by Crippen LogP contribution is 2.06. The lowest BCUT2D eigenvalue weighted by atomic mass is 10.3. The first-order valence-electron chi connectivity index (χ1n) is 7.72. The molecular formula is C15H27IN4OS. The van der Waals surface area contributed by atoms with E-state index in [0.717, 1.165) is 64.9 Å². The van der Waals surface area contributed by atoms with Gasteiger partial charge in [0.05, 0.1) is 19.8 Å². The molecule has 7 heteroatoms. The monoisotopic (exact) mass is 438 g/mol. The third kappa shape index (κ3) is 7.75. The van der Waals surface area contributed by atoms with Gasteiger partial charge < -0.3 is 15.4 Å². The molecule has 1 saturated heterocycles. The Labute approximate surface area is 154 Å². The highest BCUT2D eigenvalue weighted by molar-refractivity contribution is 14.0. The van der Waals surface area contributed by atoms with Crippen LogP contribution in [-0.2, 0) is 11.3 Å². The van der Waals surface area contributed by atoms with Crippen molar-refractivity contribution in [3.05, 3.63) is 22.4 Å². The number of rotatable bonds is 7. The van der Waals surface area contributed by atoms with E-state index in [1.54, 1.807) is 11.3 Å². The molecule has 0 atom stereocenters. The van der Waals surface area contributed by atoms with Crippen LogP contribution in [0.3, 0.4) is 0 Å². The predicted octanol–water partition coefficient (Wildman–Crippen LogP) is 2.14. The van der Waals surface area contributed by atoms with Gasteiger partial charge in [0.2, 0.25) is 0 Å². The Hall–Kier alpha value is -0.380. The third-order valence-electron chi connectivity index (χ3n) is 3.39. The van der Waals surface area contributed by atoms with Gasteiger partial charge in [0.25, 0.3) is 0 Å². The Balaban J connectivity index is 0.00000242. The molecule has 1 aliphatic rings. The van der Waals surface area contributed by atoms with Crippen molar-refractivity contribution >= 4 is 41.3 Å². The molecule has 0 saturated carbocycles. The second-order valence-electron chi connectivity index (χ2n) is 5.06. The number of hydrogen-bond donors (Lipinski definition) is 2. The number of thiophene rings is 1. The summed E-state index contributed by atoms with van der Waals surface area (Å²) in [6.07, 6.45) is 1.13. The normalized spacial score (nSPS) is 16.1. The largest absolute Gasteiger partial charge is 0.379 e. The van der Waals surface area contributed by atoms with Gasteiger partial charge in [0.1, 0.15) is 0 Å². The minimum atomic E-state index is 0. The quantitative estimate of drug-likeness (QED) is 0.297. The molecule has 1 aliphatic heterocycles. The van der Waals surface area contributed by atoms with E-state index in [9.17, 15) is 0 Å². The second kappa shape index (κ2) is 12.1. The van der Waals surface area contributed by atoms with E-state index in [1.807, 2.05) is 0 Å². The Morgan fingerprint density at radius 2 is 2.18 bits per heavy atom. The standard InChI is InChI=1S/C15H26N4OS.HI/c1-2-16-15(18-12-14-4-11-21-13-14)17-5-3-6-19-7-9-20-10-8-19;/h4,11,13H,2-3,5-10,12H2,1H3,(H2,16,17,18);1H. The molecule has 0 aliphatic carbocycles. The average molecular weight is 438 g/mol. The number of nitrogens with one attached hydrogen (secondary N) is 2. The molecular weight excluding hydrogens is 411 g/mol. The van der Waals surface area contributed by atoms with Crippen LogP contribution < -0.4 is 10.6 Å². The van der Waals surface area contributed by atoms with Gasteiger partial charge >= 0.3 is 0 Å². The summed E-state index contributed by atoms with van der Waals surface area (Å²) in [5.74, 6) is 0.908. The van der Waals surface area contributed by atoms with Gasteiger partial charge in [-0.25, -0.2) is 4.99 Å². The lowest BCUT2D eigenvalue weighted by molar-refractivity contribution is 0.0376. The zero-order valence-corrected chi connectivity index (χ0v) is 16.4. The van der Waals surface area contributed by atoms with Crippen molar-refractivity contribution < 1.29 is 4.74 Å². The molecule has 0 spiro atoms. The molecule has 2 N–H and O–H groups in total. The molecule has 2 heterocycles. The summed E-state index contributed by atoms with van der Waals surface area (Å²) >= 11 is 1.72. The topological polar surface area (TPSA) is 48.9 Å². The first kappa shape index (κ1) is 19.7. The van der Waals surface area contributed by atoms with Crippen molar-refractivity contribution in [1.29, 1.82) is 0 Å². The second-order valence-corrected chi connectivity index (χ2v) is 5.84. The van der Waals surface area contributed by atoms with Crippen molar-refractivity contribution in [3.63, 3.8) is 0 Å². The maximum atomic E-state index is 5.36. The minimum absolute atomic E-state index is 0. The van der Waals surface area contributed by atoms with Gasteiger partial charge in [-0.2, -0.15) is 11.3 Å². The molecule has 0 radical (unpaired) electrons. The fourth-order valence-electron chi connectivity index (χ4n) is 2.23. The van der Waals surface area contributed by atoms with Crippen LogP contribution >= 0.6 is 35.3 Å². The number of ether oxygens (including phenoxy) is 1. The maximum absolute atomic E-state index is 5.36. The lowest BCUT2D eigenvalue weighted by Crippen LogP contribution is -2.40. The fourth-order valence-corrected chi connectivity index (χ4v) is 2.89. The zero-order valence-electron chi connectivity index (χ0n) is 13.2. The molecule has 1 fully saturated rings. The van der Waals surface area contributed by atoms with Crippen molar-refractivity contribution in [2.45, 2.75) is 19.9 Å². The van der Waals surface area contributed by atoms with Crippen LogP contribution in [0.5, 0.6) is 0 Å². The molecule has 1 aromatic rings. The molecule has 1 aromatic heterocycles. The Morgan fingerprint density at radius 3 is 2.86 bits per heavy atom. The van der Waals surface area contributed by atoms with E-state index in [-0.39, 0.29) is 24.0 Å². The van der Waals surface area contributed by atoms with E-state index >= 15 is 0 Å². The summed E-state index contributed by atoms with van der Waals surface area (Å²) in [7, 11) is 0. The van der Waals surface area contributed by atoms with Crippen LogP contribution in [0, 0.1) is 0 Å². The van der Waals surface area contributed by atoms with Crippen LogP contribution in [0.4, 0.5) is 0 Å². The van der Waals surface area contributed by atoms with Gasteiger partial charge in [-0.1, -0.05) is 0 Å². The number of nitrogens with zero attached hydrogens (tertiary/aromatic N) is 2. The first-order chi connectivity index (χ1) is 10.4. The summed E-state index contributed by atoms with van der Waals surface area (Å²) in [6, 6.07) is 2.12.